The first-order chi connectivity index (χ1) is 11.3. The van der Waals surface area contributed by atoms with Gasteiger partial charge in [0.2, 0.25) is 5.91 Å². The lowest BCUT2D eigenvalue weighted by Gasteiger charge is -2.26. The first kappa shape index (κ1) is 18.8. The molecule has 1 heterocycles. The number of nitrogens with zero attached hydrogens (tertiary/aromatic N) is 1. The largest absolute Gasteiger partial charge is 0.378 e. The maximum atomic E-state index is 12.2. The second-order valence-corrected chi connectivity index (χ2v) is 8.45. The van der Waals surface area contributed by atoms with Crippen molar-refractivity contribution < 1.29 is 9.69 Å². The number of carbonyl (C=O) groups is 1. The van der Waals surface area contributed by atoms with E-state index in [9.17, 15) is 4.79 Å². The highest BCUT2D eigenvalue weighted by molar-refractivity contribution is 5.76. The van der Waals surface area contributed by atoms with E-state index in [0.29, 0.717) is 12.5 Å². The van der Waals surface area contributed by atoms with Crippen molar-refractivity contribution in [2.45, 2.75) is 46.1 Å². The zero-order valence-electron chi connectivity index (χ0n) is 16.0. The van der Waals surface area contributed by atoms with Gasteiger partial charge in [-0.05, 0) is 17.5 Å². The molecule has 1 aromatic carbocycles. The number of hydrogen-bond donors (Lipinski definition) is 2. The van der Waals surface area contributed by atoms with Crippen molar-refractivity contribution in [1.29, 1.82) is 0 Å². The number of carbonyl (C=O) groups excluding carboxylic acids is 1. The average Bonchev–Trinajstić information content (AvgIpc) is 3.00. The van der Waals surface area contributed by atoms with Gasteiger partial charge in [0, 0.05) is 44.6 Å². The van der Waals surface area contributed by atoms with E-state index in [-0.39, 0.29) is 11.3 Å². The molecule has 4 heteroatoms. The fourth-order valence-corrected chi connectivity index (χ4v) is 3.44. The summed E-state index contributed by atoms with van der Waals surface area (Å²) in [5, 5.41) is 3.18. The molecule has 0 unspecified atom stereocenters. The lowest BCUT2D eigenvalue weighted by molar-refractivity contribution is -0.918. The van der Waals surface area contributed by atoms with Crippen LogP contribution in [0.2, 0.25) is 0 Å². The number of amides is 1. The predicted octanol–water partition coefficient (Wildman–Crippen LogP) is 2.02. The molecule has 1 aliphatic rings. The quantitative estimate of drug-likeness (QED) is 0.836. The number of rotatable bonds is 6. The first-order valence-electron chi connectivity index (χ1n) is 9.15. The highest BCUT2D eigenvalue weighted by atomic mass is 16.1. The Morgan fingerprint density at radius 3 is 2.25 bits per heavy atom. The summed E-state index contributed by atoms with van der Waals surface area (Å²) < 4.78 is 0. The Bertz CT molecular complexity index is 525. The van der Waals surface area contributed by atoms with Gasteiger partial charge in [-0.1, -0.05) is 32.9 Å². The number of nitrogens with one attached hydrogen (secondary N) is 2. The van der Waals surface area contributed by atoms with Gasteiger partial charge in [0.25, 0.3) is 0 Å². The third-order valence-electron chi connectivity index (χ3n) is 4.74. The van der Waals surface area contributed by atoms with Gasteiger partial charge in [0.15, 0.2) is 0 Å². The van der Waals surface area contributed by atoms with Crippen molar-refractivity contribution in [3.63, 3.8) is 0 Å². The SMILES string of the molecule is CN(C)c1ccc([C@@H](CNC(=O)CC(C)(C)C)[NH+]2CCCC2)cc1. The molecule has 1 aliphatic heterocycles. The summed E-state index contributed by atoms with van der Waals surface area (Å²) >= 11 is 0. The summed E-state index contributed by atoms with van der Waals surface area (Å²) in [4.78, 5) is 15.9. The van der Waals surface area contributed by atoms with Gasteiger partial charge >= 0.3 is 0 Å². The number of anilines is 1. The Labute approximate surface area is 147 Å². The van der Waals surface area contributed by atoms with Gasteiger partial charge in [0.1, 0.15) is 6.04 Å². The Morgan fingerprint density at radius 2 is 1.75 bits per heavy atom. The standard InChI is InChI=1S/C20H33N3O/c1-20(2,3)14-19(24)21-15-18(23-12-6-7-13-23)16-8-10-17(11-9-16)22(4)5/h8-11,18H,6-7,12-15H2,1-5H3,(H,21,24)/p+1/t18-/m1/s1. The van der Waals surface area contributed by atoms with Crippen LogP contribution in [0.25, 0.3) is 0 Å². The van der Waals surface area contributed by atoms with Crippen LogP contribution >= 0.6 is 0 Å². The zero-order valence-corrected chi connectivity index (χ0v) is 16.0. The fourth-order valence-electron chi connectivity index (χ4n) is 3.44. The first-order valence-corrected chi connectivity index (χ1v) is 9.15. The Kier molecular flexibility index (Phi) is 6.27. The van der Waals surface area contributed by atoms with E-state index in [2.05, 4.69) is 69.3 Å². The van der Waals surface area contributed by atoms with Crippen molar-refractivity contribution in [3.05, 3.63) is 29.8 Å². The van der Waals surface area contributed by atoms with Crippen molar-refractivity contribution in [2.24, 2.45) is 5.41 Å². The van der Waals surface area contributed by atoms with Gasteiger partial charge in [-0.25, -0.2) is 0 Å². The van der Waals surface area contributed by atoms with Gasteiger partial charge in [-0.3, -0.25) is 4.79 Å². The Hall–Kier alpha value is -1.55. The summed E-state index contributed by atoms with van der Waals surface area (Å²) in [6.07, 6.45) is 3.16. The van der Waals surface area contributed by atoms with Crippen LogP contribution < -0.4 is 15.1 Å². The van der Waals surface area contributed by atoms with Gasteiger partial charge in [-0.15, -0.1) is 0 Å². The van der Waals surface area contributed by atoms with E-state index in [0.717, 1.165) is 6.54 Å². The van der Waals surface area contributed by atoms with Crippen molar-refractivity contribution >= 4 is 11.6 Å². The lowest BCUT2D eigenvalue weighted by Crippen LogP contribution is -3.11. The van der Waals surface area contributed by atoms with Crippen LogP contribution in [0.3, 0.4) is 0 Å². The minimum Gasteiger partial charge on any atom is -0.378 e. The van der Waals surface area contributed by atoms with Crippen LogP contribution in [-0.4, -0.2) is 39.6 Å². The van der Waals surface area contributed by atoms with Crippen molar-refractivity contribution in [2.75, 3.05) is 38.6 Å². The van der Waals surface area contributed by atoms with E-state index in [1.165, 1.54) is 37.2 Å². The number of quaternary nitrogens is 1. The summed E-state index contributed by atoms with van der Waals surface area (Å²) in [5.74, 6) is 0.163. The van der Waals surface area contributed by atoms with E-state index in [4.69, 9.17) is 0 Å². The van der Waals surface area contributed by atoms with Crippen molar-refractivity contribution in [3.8, 4) is 0 Å². The van der Waals surface area contributed by atoms with E-state index < -0.39 is 0 Å². The minimum absolute atomic E-state index is 0.0352. The van der Waals surface area contributed by atoms with E-state index in [1.54, 1.807) is 4.90 Å². The highest BCUT2D eigenvalue weighted by Crippen LogP contribution is 2.19. The molecule has 2 N–H and O–H groups in total. The molecule has 0 bridgehead atoms. The summed E-state index contributed by atoms with van der Waals surface area (Å²) in [6.45, 7) is 9.46. The molecule has 0 spiro atoms. The Morgan fingerprint density at radius 1 is 1.17 bits per heavy atom. The molecule has 0 radical (unpaired) electrons. The number of benzene rings is 1. The van der Waals surface area contributed by atoms with Crippen LogP contribution in [0.15, 0.2) is 24.3 Å². The fraction of sp³-hybridized carbons (Fsp3) is 0.650. The molecule has 0 aromatic heterocycles. The summed E-state index contributed by atoms with van der Waals surface area (Å²) in [5.41, 5.74) is 2.58. The van der Waals surface area contributed by atoms with Crippen LogP contribution in [-0.2, 0) is 4.79 Å². The second kappa shape index (κ2) is 8.02. The molecule has 134 valence electrons. The number of hydrogen-bond acceptors (Lipinski definition) is 2. The van der Waals surface area contributed by atoms with Crippen molar-refractivity contribution in [1.82, 2.24) is 5.32 Å². The molecule has 1 saturated heterocycles. The maximum Gasteiger partial charge on any atom is 0.220 e. The summed E-state index contributed by atoms with van der Waals surface area (Å²) in [7, 11) is 4.12. The molecular weight excluding hydrogens is 298 g/mol. The van der Waals surface area contributed by atoms with Gasteiger partial charge < -0.3 is 15.1 Å². The highest BCUT2D eigenvalue weighted by Gasteiger charge is 2.28. The molecule has 0 saturated carbocycles. The molecule has 4 nitrogen and oxygen atoms in total. The lowest BCUT2D eigenvalue weighted by atomic mass is 9.92. The van der Waals surface area contributed by atoms with Crippen LogP contribution in [0.1, 0.15) is 51.6 Å². The van der Waals surface area contributed by atoms with Gasteiger partial charge in [-0.2, -0.15) is 0 Å². The predicted molar refractivity (Wildman–Crippen MR) is 101 cm³/mol. The maximum absolute atomic E-state index is 12.2. The molecule has 1 fully saturated rings. The number of likely N-dealkylation sites (tertiary alicyclic amines) is 1. The van der Waals surface area contributed by atoms with Crippen LogP contribution in [0.5, 0.6) is 0 Å². The van der Waals surface area contributed by atoms with Crippen LogP contribution in [0, 0.1) is 5.41 Å². The molecule has 0 aliphatic carbocycles. The molecule has 2 rings (SSSR count). The smallest absolute Gasteiger partial charge is 0.220 e. The minimum atomic E-state index is 0.0352. The molecule has 24 heavy (non-hydrogen) atoms. The third kappa shape index (κ3) is 5.52. The molecule has 1 atom stereocenters. The van der Waals surface area contributed by atoms with Gasteiger partial charge in [0.05, 0.1) is 19.6 Å². The Balaban J connectivity index is 2.06. The molecular formula is C20H34N3O+. The normalized spacial score (nSPS) is 16.9. The monoisotopic (exact) mass is 332 g/mol. The zero-order chi connectivity index (χ0) is 17.7. The third-order valence-corrected chi connectivity index (χ3v) is 4.74. The molecule has 1 aromatic rings. The second-order valence-electron chi connectivity index (χ2n) is 8.45. The van der Waals surface area contributed by atoms with E-state index in [1.807, 2.05) is 0 Å². The molecule has 1 amide bonds. The summed E-state index contributed by atoms with van der Waals surface area (Å²) in [6, 6.07) is 9.15. The average molecular weight is 333 g/mol. The van der Waals surface area contributed by atoms with Crippen LogP contribution in [0.4, 0.5) is 5.69 Å². The topological polar surface area (TPSA) is 36.8 Å². The van der Waals surface area contributed by atoms with E-state index >= 15 is 0 Å².